The van der Waals surface area contributed by atoms with Gasteiger partial charge < -0.3 is 14.8 Å². The lowest BCUT2D eigenvalue weighted by atomic mass is 10.3. The summed E-state index contributed by atoms with van der Waals surface area (Å²) in [6.07, 6.45) is -0.838. The van der Waals surface area contributed by atoms with Gasteiger partial charge in [0.2, 0.25) is 0 Å². The molecule has 0 aliphatic rings. The molecule has 5 nitrogen and oxygen atoms in total. The maximum atomic E-state index is 11.9. The minimum atomic E-state index is -0.838. The largest absolute Gasteiger partial charge is 0.479 e. The van der Waals surface area contributed by atoms with Crippen molar-refractivity contribution >= 4 is 40.8 Å². The van der Waals surface area contributed by atoms with Crippen LogP contribution in [0.15, 0.2) is 48.5 Å². The van der Waals surface area contributed by atoms with Crippen LogP contribution in [0.25, 0.3) is 0 Å². The van der Waals surface area contributed by atoms with Crippen LogP contribution in [0.2, 0.25) is 10.0 Å². The van der Waals surface area contributed by atoms with Crippen LogP contribution in [0.3, 0.4) is 0 Å². The molecule has 0 fully saturated rings. The summed E-state index contributed by atoms with van der Waals surface area (Å²) in [5.41, 5.74) is 0.346. The Balaban J connectivity index is 1.82. The summed E-state index contributed by atoms with van der Waals surface area (Å²) >= 11 is 11.8. The first-order chi connectivity index (χ1) is 11.5. The Kier molecular flexibility index (Phi) is 6.46. The van der Waals surface area contributed by atoms with E-state index in [-0.39, 0.29) is 5.02 Å². The van der Waals surface area contributed by atoms with Gasteiger partial charge in [-0.3, -0.25) is 4.79 Å². The van der Waals surface area contributed by atoms with E-state index in [0.29, 0.717) is 16.5 Å². The number of esters is 1. The Labute approximate surface area is 149 Å². The molecule has 2 rings (SSSR count). The summed E-state index contributed by atoms with van der Waals surface area (Å²) in [7, 11) is 0. The highest BCUT2D eigenvalue weighted by Gasteiger charge is 2.18. The number of rotatable bonds is 6. The van der Waals surface area contributed by atoms with Gasteiger partial charge in [-0.05, 0) is 31.2 Å². The van der Waals surface area contributed by atoms with Crippen LogP contribution < -0.4 is 10.1 Å². The van der Waals surface area contributed by atoms with E-state index >= 15 is 0 Å². The molecule has 0 aliphatic heterocycles. The van der Waals surface area contributed by atoms with Crippen molar-refractivity contribution in [2.24, 2.45) is 0 Å². The van der Waals surface area contributed by atoms with Gasteiger partial charge in [0.05, 0.1) is 15.7 Å². The van der Waals surface area contributed by atoms with Crippen molar-refractivity contribution < 1.29 is 19.1 Å². The number of hydrogen-bond donors (Lipinski definition) is 1. The normalized spacial score (nSPS) is 11.5. The molecule has 1 amide bonds. The zero-order valence-electron chi connectivity index (χ0n) is 12.8. The predicted molar refractivity (Wildman–Crippen MR) is 92.6 cm³/mol. The molecule has 2 aromatic carbocycles. The highest BCUT2D eigenvalue weighted by Crippen LogP contribution is 2.29. The summed E-state index contributed by atoms with van der Waals surface area (Å²) in [6.45, 7) is 1.09. The highest BCUT2D eigenvalue weighted by molar-refractivity contribution is 6.44. The van der Waals surface area contributed by atoms with Gasteiger partial charge in [0.25, 0.3) is 5.91 Å². The van der Waals surface area contributed by atoms with Crippen molar-refractivity contribution in [3.05, 3.63) is 58.6 Å². The molecule has 1 atom stereocenters. The van der Waals surface area contributed by atoms with E-state index in [0.717, 1.165) is 0 Å². The number of anilines is 1. The number of ether oxygens (including phenoxy) is 2. The molecule has 2 aromatic rings. The molecule has 0 aliphatic carbocycles. The number of benzene rings is 2. The standard InChI is InChI=1S/C17H15Cl2NO4/c1-11(24-12-6-3-2-4-7-12)17(22)23-10-15(21)20-14-9-5-8-13(18)16(14)19/h2-9,11H,10H2,1H3,(H,20,21)/t11-/m0/s1. The van der Waals surface area contributed by atoms with Gasteiger partial charge in [0.15, 0.2) is 12.7 Å². The Morgan fingerprint density at radius 2 is 1.79 bits per heavy atom. The van der Waals surface area contributed by atoms with Crippen molar-refractivity contribution in [1.82, 2.24) is 0 Å². The third-order valence-electron chi connectivity index (χ3n) is 2.96. The molecule has 0 saturated heterocycles. The predicted octanol–water partition coefficient (Wildman–Crippen LogP) is 3.94. The molecule has 0 bridgehead atoms. The van der Waals surface area contributed by atoms with Crippen molar-refractivity contribution in [2.75, 3.05) is 11.9 Å². The number of halogens is 2. The van der Waals surface area contributed by atoms with Gasteiger partial charge in [-0.25, -0.2) is 4.79 Å². The minimum absolute atomic E-state index is 0.222. The third kappa shape index (κ3) is 5.15. The lowest BCUT2D eigenvalue weighted by molar-refractivity contribution is -0.153. The molecule has 126 valence electrons. The van der Waals surface area contributed by atoms with Crippen LogP contribution in [0.5, 0.6) is 5.75 Å². The fourth-order valence-corrected chi connectivity index (χ4v) is 2.14. The molecule has 7 heteroatoms. The zero-order chi connectivity index (χ0) is 17.5. The maximum absolute atomic E-state index is 11.9. The number of carbonyl (C=O) groups excluding carboxylic acids is 2. The number of carbonyl (C=O) groups is 2. The van der Waals surface area contributed by atoms with Gasteiger partial charge in [-0.1, -0.05) is 47.5 Å². The van der Waals surface area contributed by atoms with Crippen LogP contribution in [0.1, 0.15) is 6.92 Å². The molecule has 24 heavy (non-hydrogen) atoms. The second kappa shape index (κ2) is 8.57. The number of nitrogens with one attached hydrogen (secondary N) is 1. The molecule has 0 radical (unpaired) electrons. The van der Waals surface area contributed by atoms with E-state index in [9.17, 15) is 9.59 Å². The van der Waals surface area contributed by atoms with Gasteiger partial charge >= 0.3 is 5.97 Å². The molecular formula is C17H15Cl2NO4. The van der Waals surface area contributed by atoms with E-state index in [1.807, 2.05) is 6.07 Å². The molecule has 0 saturated carbocycles. The summed E-state index contributed by atoms with van der Waals surface area (Å²) < 4.78 is 10.3. The summed E-state index contributed by atoms with van der Waals surface area (Å²) in [6, 6.07) is 13.7. The van der Waals surface area contributed by atoms with Crippen LogP contribution in [-0.2, 0) is 14.3 Å². The van der Waals surface area contributed by atoms with Crippen molar-refractivity contribution in [3.8, 4) is 5.75 Å². The van der Waals surface area contributed by atoms with Gasteiger partial charge in [0.1, 0.15) is 5.75 Å². The summed E-state index contributed by atoms with van der Waals surface area (Å²) in [4.78, 5) is 23.7. The second-order valence-electron chi connectivity index (χ2n) is 4.83. The second-order valence-corrected chi connectivity index (χ2v) is 5.62. The highest BCUT2D eigenvalue weighted by atomic mass is 35.5. The maximum Gasteiger partial charge on any atom is 0.347 e. The Morgan fingerprint density at radius 3 is 2.50 bits per heavy atom. The number of amides is 1. The molecule has 0 heterocycles. The number of para-hydroxylation sites is 1. The summed E-state index contributed by atoms with van der Waals surface area (Å²) in [5.74, 6) is -0.636. The molecule has 1 N–H and O–H groups in total. The van der Waals surface area contributed by atoms with Crippen LogP contribution in [0.4, 0.5) is 5.69 Å². The molecule has 0 unspecified atom stereocenters. The van der Waals surface area contributed by atoms with Crippen LogP contribution in [-0.4, -0.2) is 24.6 Å². The van der Waals surface area contributed by atoms with Gasteiger partial charge in [-0.15, -0.1) is 0 Å². The minimum Gasteiger partial charge on any atom is -0.479 e. The van der Waals surface area contributed by atoms with Crippen molar-refractivity contribution in [2.45, 2.75) is 13.0 Å². The first-order valence-electron chi connectivity index (χ1n) is 7.09. The lowest BCUT2D eigenvalue weighted by Gasteiger charge is -2.14. The first kappa shape index (κ1) is 18.1. The fraction of sp³-hybridized carbons (Fsp3) is 0.176. The van der Waals surface area contributed by atoms with E-state index in [2.05, 4.69) is 5.32 Å². The monoisotopic (exact) mass is 367 g/mol. The van der Waals surface area contributed by atoms with E-state index in [1.165, 1.54) is 0 Å². The first-order valence-corrected chi connectivity index (χ1v) is 7.85. The van der Waals surface area contributed by atoms with Crippen molar-refractivity contribution in [3.63, 3.8) is 0 Å². The molecule has 0 aromatic heterocycles. The van der Waals surface area contributed by atoms with Gasteiger partial charge in [-0.2, -0.15) is 0 Å². The number of hydrogen-bond acceptors (Lipinski definition) is 4. The zero-order valence-corrected chi connectivity index (χ0v) is 14.3. The average Bonchev–Trinajstić information content (AvgIpc) is 2.57. The third-order valence-corrected chi connectivity index (χ3v) is 3.78. The van der Waals surface area contributed by atoms with Crippen molar-refractivity contribution in [1.29, 1.82) is 0 Å². The lowest BCUT2D eigenvalue weighted by Crippen LogP contribution is -2.29. The SMILES string of the molecule is C[C@H](Oc1ccccc1)C(=O)OCC(=O)Nc1cccc(Cl)c1Cl. The summed E-state index contributed by atoms with van der Waals surface area (Å²) in [5, 5.41) is 3.06. The smallest absolute Gasteiger partial charge is 0.347 e. The van der Waals surface area contributed by atoms with E-state index < -0.39 is 24.6 Å². The van der Waals surface area contributed by atoms with Crippen LogP contribution >= 0.6 is 23.2 Å². The fourth-order valence-electron chi connectivity index (χ4n) is 1.79. The van der Waals surface area contributed by atoms with E-state index in [4.69, 9.17) is 32.7 Å². The van der Waals surface area contributed by atoms with E-state index in [1.54, 1.807) is 49.4 Å². The van der Waals surface area contributed by atoms with Gasteiger partial charge in [0, 0.05) is 0 Å². The Bertz CT molecular complexity index is 722. The van der Waals surface area contributed by atoms with Crippen LogP contribution in [0, 0.1) is 0 Å². The topological polar surface area (TPSA) is 64.6 Å². The average molecular weight is 368 g/mol. The molecular weight excluding hydrogens is 353 g/mol. The Hall–Kier alpha value is -2.24. The molecule has 0 spiro atoms. The Morgan fingerprint density at radius 1 is 1.08 bits per heavy atom. The quantitative estimate of drug-likeness (QED) is 0.785.